The number of hydrogen-bond acceptors (Lipinski definition) is 3. The first-order valence-electron chi connectivity index (χ1n) is 7.68. The summed E-state index contributed by atoms with van der Waals surface area (Å²) in [6, 6.07) is 13.0. The number of aryl methyl sites for hydroxylation is 1. The summed E-state index contributed by atoms with van der Waals surface area (Å²) in [5.41, 5.74) is 3.27. The van der Waals surface area contributed by atoms with E-state index in [4.69, 9.17) is 4.74 Å². The summed E-state index contributed by atoms with van der Waals surface area (Å²) in [5, 5.41) is 5.52. The average Bonchev–Trinajstić information content (AvgIpc) is 2.56. The Morgan fingerprint density at radius 1 is 1.21 bits per heavy atom. The lowest BCUT2D eigenvalue weighted by Crippen LogP contribution is -2.34. The van der Waals surface area contributed by atoms with Crippen molar-refractivity contribution >= 4 is 29.3 Å². The van der Waals surface area contributed by atoms with E-state index in [0.29, 0.717) is 17.1 Å². The molecule has 0 aromatic heterocycles. The van der Waals surface area contributed by atoms with Crippen molar-refractivity contribution < 1.29 is 14.3 Å². The first kappa shape index (κ1) is 15.8. The second-order valence-electron chi connectivity index (χ2n) is 5.69. The highest BCUT2D eigenvalue weighted by molar-refractivity contribution is 6.03. The molecule has 2 aromatic rings. The van der Waals surface area contributed by atoms with Crippen LogP contribution in [-0.2, 0) is 9.59 Å². The van der Waals surface area contributed by atoms with Gasteiger partial charge in [0.2, 0.25) is 5.91 Å². The molecule has 5 nitrogen and oxygen atoms in total. The van der Waals surface area contributed by atoms with Crippen LogP contribution in [0.4, 0.5) is 11.4 Å². The molecule has 0 saturated heterocycles. The first-order valence-corrected chi connectivity index (χ1v) is 7.68. The quantitative estimate of drug-likeness (QED) is 0.851. The number of carbonyl (C=O) groups is 2. The minimum atomic E-state index is -0.518. The van der Waals surface area contributed by atoms with Crippen molar-refractivity contribution in [3.05, 3.63) is 59.7 Å². The monoisotopic (exact) mass is 322 g/mol. The van der Waals surface area contributed by atoms with E-state index in [9.17, 15) is 9.59 Å². The van der Waals surface area contributed by atoms with E-state index in [2.05, 4.69) is 10.6 Å². The van der Waals surface area contributed by atoms with Gasteiger partial charge in [0.15, 0.2) is 6.10 Å². The van der Waals surface area contributed by atoms with Gasteiger partial charge in [0.05, 0.1) is 5.69 Å². The van der Waals surface area contributed by atoms with Crippen molar-refractivity contribution in [2.24, 2.45) is 0 Å². The molecule has 0 unspecified atom stereocenters. The molecule has 1 atom stereocenters. The number of benzene rings is 2. The van der Waals surface area contributed by atoms with Crippen LogP contribution in [0.2, 0.25) is 0 Å². The zero-order chi connectivity index (χ0) is 17.1. The van der Waals surface area contributed by atoms with Gasteiger partial charge in [-0.25, -0.2) is 0 Å². The van der Waals surface area contributed by atoms with E-state index in [-0.39, 0.29) is 11.8 Å². The Kier molecular flexibility index (Phi) is 4.33. The van der Waals surface area contributed by atoms with E-state index < -0.39 is 6.10 Å². The number of hydrogen-bond donors (Lipinski definition) is 2. The average molecular weight is 322 g/mol. The fourth-order valence-electron chi connectivity index (χ4n) is 2.32. The lowest BCUT2D eigenvalue weighted by atomic mass is 10.1. The Morgan fingerprint density at radius 2 is 1.96 bits per heavy atom. The van der Waals surface area contributed by atoms with E-state index in [1.807, 2.05) is 31.2 Å². The van der Waals surface area contributed by atoms with Crippen LogP contribution in [0.25, 0.3) is 6.08 Å². The molecule has 0 saturated carbocycles. The SMILES string of the molecule is Cc1ccc(/C=C/C(=O)Nc2ccc3c(c2)NC(=O)[C@@H](C)O3)cc1. The van der Waals surface area contributed by atoms with E-state index in [1.54, 1.807) is 31.2 Å². The van der Waals surface area contributed by atoms with Gasteiger partial charge in [0, 0.05) is 11.8 Å². The van der Waals surface area contributed by atoms with Gasteiger partial charge in [0.1, 0.15) is 5.75 Å². The lowest BCUT2D eigenvalue weighted by Gasteiger charge is -2.23. The van der Waals surface area contributed by atoms with Gasteiger partial charge in [0.25, 0.3) is 5.91 Å². The van der Waals surface area contributed by atoms with Gasteiger partial charge < -0.3 is 15.4 Å². The minimum Gasteiger partial charge on any atom is -0.479 e. The number of fused-ring (bicyclic) bond motifs is 1. The van der Waals surface area contributed by atoms with Gasteiger partial charge in [-0.05, 0) is 43.7 Å². The molecule has 5 heteroatoms. The van der Waals surface area contributed by atoms with Crippen molar-refractivity contribution in [1.82, 2.24) is 0 Å². The standard InChI is InChI=1S/C19H18N2O3/c1-12-3-5-14(6-4-12)7-10-18(22)20-15-8-9-17-16(11-15)21-19(23)13(2)24-17/h3-11,13H,1-2H3,(H,20,22)(H,21,23)/b10-7+/t13-/m1/s1. The maximum Gasteiger partial charge on any atom is 0.265 e. The molecule has 2 N–H and O–H groups in total. The summed E-state index contributed by atoms with van der Waals surface area (Å²) in [7, 11) is 0. The minimum absolute atomic E-state index is 0.203. The Hall–Kier alpha value is -3.08. The van der Waals surface area contributed by atoms with Gasteiger partial charge in [-0.1, -0.05) is 29.8 Å². The highest BCUT2D eigenvalue weighted by Gasteiger charge is 2.23. The maximum absolute atomic E-state index is 12.0. The molecule has 0 aliphatic carbocycles. The number of rotatable bonds is 3. The normalized spacial score (nSPS) is 16.2. The molecule has 0 radical (unpaired) electrons. The molecule has 0 spiro atoms. The smallest absolute Gasteiger partial charge is 0.265 e. The van der Waals surface area contributed by atoms with Crippen LogP contribution in [-0.4, -0.2) is 17.9 Å². The van der Waals surface area contributed by atoms with Crippen molar-refractivity contribution in [2.75, 3.05) is 10.6 Å². The molecule has 0 fully saturated rings. The van der Waals surface area contributed by atoms with Crippen molar-refractivity contribution in [1.29, 1.82) is 0 Å². The van der Waals surface area contributed by atoms with Gasteiger partial charge in [-0.3, -0.25) is 9.59 Å². The zero-order valence-corrected chi connectivity index (χ0v) is 13.5. The summed E-state index contributed by atoms with van der Waals surface area (Å²) < 4.78 is 5.48. The Labute approximate surface area is 140 Å². The highest BCUT2D eigenvalue weighted by atomic mass is 16.5. The fraction of sp³-hybridized carbons (Fsp3) is 0.158. The molecular weight excluding hydrogens is 304 g/mol. The largest absolute Gasteiger partial charge is 0.479 e. The zero-order valence-electron chi connectivity index (χ0n) is 13.5. The van der Waals surface area contributed by atoms with E-state index in [1.165, 1.54) is 11.6 Å². The fourth-order valence-corrected chi connectivity index (χ4v) is 2.32. The molecule has 1 heterocycles. The third-order valence-electron chi connectivity index (χ3n) is 3.68. The molecule has 24 heavy (non-hydrogen) atoms. The Morgan fingerprint density at radius 3 is 2.71 bits per heavy atom. The Bertz CT molecular complexity index is 810. The number of nitrogens with one attached hydrogen (secondary N) is 2. The van der Waals surface area contributed by atoms with Gasteiger partial charge in [-0.2, -0.15) is 0 Å². The van der Waals surface area contributed by atoms with Crippen LogP contribution < -0.4 is 15.4 Å². The molecule has 122 valence electrons. The highest BCUT2D eigenvalue weighted by Crippen LogP contribution is 2.32. The molecule has 2 amide bonds. The predicted molar refractivity (Wildman–Crippen MR) is 94.0 cm³/mol. The molecule has 2 aromatic carbocycles. The molecule has 3 rings (SSSR count). The third-order valence-corrected chi connectivity index (χ3v) is 3.68. The second kappa shape index (κ2) is 6.58. The summed E-state index contributed by atoms with van der Waals surface area (Å²) in [5.74, 6) is 0.146. The number of amides is 2. The maximum atomic E-state index is 12.0. The number of anilines is 2. The molecule has 1 aliphatic heterocycles. The number of ether oxygens (including phenoxy) is 1. The topological polar surface area (TPSA) is 67.4 Å². The summed E-state index contributed by atoms with van der Waals surface area (Å²) in [4.78, 5) is 23.7. The van der Waals surface area contributed by atoms with Crippen molar-refractivity contribution in [3.8, 4) is 5.75 Å². The lowest BCUT2D eigenvalue weighted by molar-refractivity contribution is -0.122. The van der Waals surface area contributed by atoms with Crippen LogP contribution in [0.5, 0.6) is 5.75 Å². The second-order valence-corrected chi connectivity index (χ2v) is 5.69. The van der Waals surface area contributed by atoms with Crippen LogP contribution in [0, 0.1) is 6.92 Å². The Balaban J connectivity index is 1.67. The molecule has 1 aliphatic rings. The third kappa shape index (κ3) is 3.63. The molecule has 0 bridgehead atoms. The van der Waals surface area contributed by atoms with Crippen molar-refractivity contribution in [3.63, 3.8) is 0 Å². The summed E-state index contributed by atoms with van der Waals surface area (Å²) in [6.45, 7) is 3.70. The van der Waals surface area contributed by atoms with E-state index in [0.717, 1.165) is 5.56 Å². The summed E-state index contributed by atoms with van der Waals surface area (Å²) in [6.07, 6.45) is 2.71. The van der Waals surface area contributed by atoms with Crippen LogP contribution in [0.15, 0.2) is 48.5 Å². The number of carbonyl (C=O) groups excluding carboxylic acids is 2. The van der Waals surface area contributed by atoms with Crippen molar-refractivity contribution in [2.45, 2.75) is 20.0 Å². The van der Waals surface area contributed by atoms with Crippen LogP contribution >= 0.6 is 0 Å². The van der Waals surface area contributed by atoms with Gasteiger partial charge in [-0.15, -0.1) is 0 Å². The first-order chi connectivity index (χ1) is 11.5. The van der Waals surface area contributed by atoms with E-state index >= 15 is 0 Å². The van der Waals surface area contributed by atoms with Crippen LogP contribution in [0.1, 0.15) is 18.1 Å². The molecular formula is C19H18N2O3. The predicted octanol–water partition coefficient (Wildman–Crippen LogP) is 3.37. The van der Waals surface area contributed by atoms with Crippen LogP contribution in [0.3, 0.4) is 0 Å². The van der Waals surface area contributed by atoms with Gasteiger partial charge >= 0.3 is 0 Å². The summed E-state index contributed by atoms with van der Waals surface area (Å²) >= 11 is 0.